The standard InChI is InChI=1S/C20H15BrClN5O/c1-11-17(13-7-9-14(21)10-8-13)19-25-24-18(12(2)27(19)26-11)20(28)23-16-6-4-3-5-15(16)22/h3-10H,1-2H3,(H,23,28). The molecule has 0 aliphatic heterocycles. The first-order chi connectivity index (χ1) is 13.5. The Morgan fingerprint density at radius 1 is 1.07 bits per heavy atom. The van der Waals surface area contributed by atoms with E-state index in [1.807, 2.05) is 31.2 Å². The molecule has 1 N–H and O–H groups in total. The van der Waals surface area contributed by atoms with Gasteiger partial charge in [0.15, 0.2) is 11.3 Å². The van der Waals surface area contributed by atoms with E-state index < -0.39 is 5.91 Å². The van der Waals surface area contributed by atoms with Crippen LogP contribution in [0.1, 0.15) is 21.9 Å². The van der Waals surface area contributed by atoms with Gasteiger partial charge in [-0.25, -0.2) is 4.52 Å². The van der Waals surface area contributed by atoms with Crippen molar-refractivity contribution in [2.24, 2.45) is 0 Å². The maximum absolute atomic E-state index is 12.7. The van der Waals surface area contributed by atoms with Crippen molar-refractivity contribution in [1.82, 2.24) is 19.8 Å². The number of amides is 1. The number of aryl methyl sites for hydroxylation is 2. The molecule has 1 amide bonds. The van der Waals surface area contributed by atoms with Crippen molar-refractivity contribution in [3.8, 4) is 11.1 Å². The van der Waals surface area contributed by atoms with Crippen LogP contribution < -0.4 is 5.32 Å². The zero-order valence-corrected chi connectivity index (χ0v) is 17.4. The first-order valence-corrected chi connectivity index (χ1v) is 9.67. The largest absolute Gasteiger partial charge is 0.319 e. The van der Waals surface area contributed by atoms with Gasteiger partial charge in [-0.3, -0.25) is 4.79 Å². The molecule has 0 saturated carbocycles. The van der Waals surface area contributed by atoms with Crippen LogP contribution in [0.25, 0.3) is 16.8 Å². The lowest BCUT2D eigenvalue weighted by molar-refractivity contribution is 0.102. The highest BCUT2D eigenvalue weighted by atomic mass is 79.9. The number of hydrogen-bond donors (Lipinski definition) is 1. The lowest BCUT2D eigenvalue weighted by atomic mass is 10.1. The monoisotopic (exact) mass is 455 g/mol. The van der Waals surface area contributed by atoms with E-state index in [2.05, 4.69) is 36.5 Å². The van der Waals surface area contributed by atoms with Crippen LogP contribution in [0.2, 0.25) is 5.02 Å². The van der Waals surface area contributed by atoms with Crippen LogP contribution in [-0.4, -0.2) is 25.7 Å². The molecule has 0 aliphatic carbocycles. The summed E-state index contributed by atoms with van der Waals surface area (Å²) in [5.41, 5.74) is 4.59. The normalized spacial score (nSPS) is 11.0. The van der Waals surface area contributed by atoms with E-state index in [0.717, 1.165) is 21.3 Å². The van der Waals surface area contributed by atoms with Crippen molar-refractivity contribution in [2.45, 2.75) is 13.8 Å². The van der Waals surface area contributed by atoms with Gasteiger partial charge in [-0.15, -0.1) is 10.2 Å². The molecule has 0 saturated heterocycles. The van der Waals surface area contributed by atoms with Crippen molar-refractivity contribution in [3.63, 3.8) is 0 Å². The smallest absolute Gasteiger partial charge is 0.278 e. The van der Waals surface area contributed by atoms with Gasteiger partial charge in [0.1, 0.15) is 0 Å². The fourth-order valence-corrected chi connectivity index (χ4v) is 3.47. The number of para-hydroxylation sites is 1. The molecule has 0 fully saturated rings. The summed E-state index contributed by atoms with van der Waals surface area (Å²) >= 11 is 9.57. The molecule has 2 heterocycles. The van der Waals surface area contributed by atoms with Crippen LogP contribution in [0.4, 0.5) is 5.69 Å². The molecule has 0 radical (unpaired) electrons. The number of fused-ring (bicyclic) bond motifs is 1. The lowest BCUT2D eigenvalue weighted by Gasteiger charge is -2.09. The van der Waals surface area contributed by atoms with Gasteiger partial charge < -0.3 is 5.32 Å². The fourth-order valence-electron chi connectivity index (χ4n) is 3.02. The quantitative estimate of drug-likeness (QED) is 0.467. The molecule has 8 heteroatoms. The minimum atomic E-state index is -0.390. The van der Waals surface area contributed by atoms with E-state index in [9.17, 15) is 4.79 Å². The Labute approximate surface area is 174 Å². The number of anilines is 1. The molecule has 6 nitrogen and oxygen atoms in total. The molecule has 0 bridgehead atoms. The van der Waals surface area contributed by atoms with Gasteiger partial charge in [0.05, 0.1) is 27.7 Å². The van der Waals surface area contributed by atoms with E-state index in [-0.39, 0.29) is 5.69 Å². The molecular weight excluding hydrogens is 442 g/mol. The van der Waals surface area contributed by atoms with Gasteiger partial charge in [-0.1, -0.05) is 51.8 Å². The summed E-state index contributed by atoms with van der Waals surface area (Å²) in [5.74, 6) is -0.390. The van der Waals surface area contributed by atoms with E-state index >= 15 is 0 Å². The third-order valence-electron chi connectivity index (χ3n) is 4.41. The number of nitrogens with zero attached hydrogens (tertiary/aromatic N) is 4. The molecule has 140 valence electrons. The zero-order valence-electron chi connectivity index (χ0n) is 15.1. The second-order valence-electron chi connectivity index (χ2n) is 6.27. The summed E-state index contributed by atoms with van der Waals surface area (Å²) in [4.78, 5) is 12.7. The lowest BCUT2D eigenvalue weighted by Crippen LogP contribution is -2.18. The fraction of sp³-hybridized carbons (Fsp3) is 0.100. The topological polar surface area (TPSA) is 72.2 Å². The van der Waals surface area contributed by atoms with E-state index in [0.29, 0.717) is 22.1 Å². The van der Waals surface area contributed by atoms with Crippen LogP contribution in [0, 0.1) is 13.8 Å². The molecular formula is C20H15BrClN5O. The second-order valence-corrected chi connectivity index (χ2v) is 7.59. The molecule has 28 heavy (non-hydrogen) atoms. The van der Waals surface area contributed by atoms with Crippen molar-refractivity contribution < 1.29 is 4.79 Å². The number of carbonyl (C=O) groups is 1. The van der Waals surface area contributed by atoms with Crippen molar-refractivity contribution in [1.29, 1.82) is 0 Å². The minimum absolute atomic E-state index is 0.192. The number of aromatic nitrogens is 4. The summed E-state index contributed by atoms with van der Waals surface area (Å²) in [5, 5.41) is 16.3. The van der Waals surface area contributed by atoms with Crippen molar-refractivity contribution >= 4 is 44.8 Å². The second kappa shape index (κ2) is 7.33. The predicted molar refractivity (Wildman–Crippen MR) is 113 cm³/mol. The number of hydrogen-bond acceptors (Lipinski definition) is 4. The number of benzene rings is 2. The average Bonchev–Trinajstić information content (AvgIpc) is 3.01. The molecule has 0 spiro atoms. The average molecular weight is 457 g/mol. The number of halogens is 2. The van der Waals surface area contributed by atoms with E-state index in [1.54, 1.807) is 35.7 Å². The summed E-state index contributed by atoms with van der Waals surface area (Å²) in [7, 11) is 0. The third-order valence-corrected chi connectivity index (χ3v) is 5.27. The highest BCUT2D eigenvalue weighted by Crippen LogP contribution is 2.29. The Bertz CT molecular complexity index is 1200. The van der Waals surface area contributed by atoms with Crippen LogP contribution in [0.5, 0.6) is 0 Å². The highest BCUT2D eigenvalue weighted by Gasteiger charge is 2.20. The Balaban J connectivity index is 1.77. The van der Waals surface area contributed by atoms with Gasteiger partial charge in [-0.05, 0) is 43.7 Å². The van der Waals surface area contributed by atoms with Crippen molar-refractivity contribution in [2.75, 3.05) is 5.32 Å². The Morgan fingerprint density at radius 3 is 2.50 bits per heavy atom. The maximum atomic E-state index is 12.7. The molecule has 4 rings (SSSR count). The zero-order chi connectivity index (χ0) is 19.8. The molecule has 0 atom stereocenters. The Morgan fingerprint density at radius 2 is 1.79 bits per heavy atom. The Hall–Kier alpha value is -2.77. The summed E-state index contributed by atoms with van der Waals surface area (Å²) in [6.45, 7) is 3.70. The first kappa shape index (κ1) is 18.6. The summed E-state index contributed by atoms with van der Waals surface area (Å²) in [6.07, 6.45) is 0. The minimum Gasteiger partial charge on any atom is -0.319 e. The van der Waals surface area contributed by atoms with E-state index in [4.69, 9.17) is 11.6 Å². The molecule has 4 aromatic rings. The maximum Gasteiger partial charge on any atom is 0.278 e. The van der Waals surface area contributed by atoms with Gasteiger partial charge >= 0.3 is 0 Å². The molecule has 2 aromatic carbocycles. The van der Waals surface area contributed by atoms with Gasteiger partial charge in [0, 0.05) is 4.47 Å². The highest BCUT2D eigenvalue weighted by molar-refractivity contribution is 9.10. The predicted octanol–water partition coefficient (Wildman–Crippen LogP) is 5.08. The number of rotatable bonds is 3. The van der Waals surface area contributed by atoms with Crippen LogP contribution in [-0.2, 0) is 0 Å². The van der Waals surface area contributed by atoms with Gasteiger partial charge in [-0.2, -0.15) is 5.10 Å². The summed E-state index contributed by atoms with van der Waals surface area (Å²) in [6, 6.07) is 14.9. The molecule has 2 aromatic heterocycles. The van der Waals surface area contributed by atoms with Gasteiger partial charge in [0.2, 0.25) is 0 Å². The first-order valence-electron chi connectivity index (χ1n) is 8.50. The SMILES string of the molecule is Cc1nn2c(C)c(C(=O)Nc3ccccc3Cl)nnc2c1-c1ccc(Br)cc1. The number of carbonyl (C=O) groups excluding carboxylic acids is 1. The Kier molecular flexibility index (Phi) is 4.87. The molecule has 0 aliphatic rings. The summed E-state index contributed by atoms with van der Waals surface area (Å²) < 4.78 is 2.65. The van der Waals surface area contributed by atoms with Crippen LogP contribution >= 0.6 is 27.5 Å². The van der Waals surface area contributed by atoms with Crippen molar-refractivity contribution in [3.05, 3.63) is 75.1 Å². The van der Waals surface area contributed by atoms with E-state index in [1.165, 1.54) is 0 Å². The van der Waals surface area contributed by atoms with Gasteiger partial charge in [0.25, 0.3) is 5.91 Å². The third kappa shape index (κ3) is 3.27. The molecule has 0 unspecified atom stereocenters. The number of nitrogens with one attached hydrogen (secondary N) is 1. The van der Waals surface area contributed by atoms with Crippen LogP contribution in [0.15, 0.2) is 53.0 Å². The van der Waals surface area contributed by atoms with Crippen LogP contribution in [0.3, 0.4) is 0 Å².